The molecule has 0 fully saturated rings. The minimum absolute atomic E-state index is 0. The molecule has 2 aliphatic heterocycles. The van der Waals surface area contributed by atoms with Crippen LogP contribution in [0.4, 0.5) is 11.4 Å². The van der Waals surface area contributed by atoms with Gasteiger partial charge in [-0.05, 0) is 73.2 Å². The summed E-state index contributed by atoms with van der Waals surface area (Å²) in [5.41, 5.74) is 7.75. The molecule has 0 atom stereocenters. The summed E-state index contributed by atoms with van der Waals surface area (Å²) >= 11 is 0. The molecule has 0 saturated heterocycles. The lowest BCUT2D eigenvalue weighted by molar-refractivity contribution is 0.605. The molecule has 2 aliphatic rings. The third-order valence-corrected chi connectivity index (χ3v) is 7.61. The summed E-state index contributed by atoms with van der Waals surface area (Å²) in [4.78, 5) is 8.77. The van der Waals surface area contributed by atoms with Gasteiger partial charge in [0.15, 0.2) is 0 Å². The largest absolute Gasteiger partial charge is 0.372 e. The number of hydrogen-bond donors (Lipinski definition) is 4. The van der Waals surface area contributed by atoms with Gasteiger partial charge in [-0.15, -0.1) is 24.8 Å². The van der Waals surface area contributed by atoms with Gasteiger partial charge in [0.05, 0.1) is 37.0 Å². The van der Waals surface area contributed by atoms with Crippen LogP contribution in [0.3, 0.4) is 0 Å². The first-order valence-electron chi connectivity index (χ1n) is 12.4. The Morgan fingerprint density at radius 2 is 1.02 bits per heavy atom. The number of halogens is 2. The van der Waals surface area contributed by atoms with E-state index >= 15 is 0 Å². The number of aryl methyl sites for hydroxylation is 2. The number of anilines is 2. The monoisotopic (exact) mass is 634 g/mol. The van der Waals surface area contributed by atoms with Gasteiger partial charge < -0.3 is 10.6 Å². The second kappa shape index (κ2) is 14.9. The molecular formula is C26H40Cl2N6O4S2. The summed E-state index contributed by atoms with van der Waals surface area (Å²) < 4.78 is 50.5. The zero-order valence-electron chi connectivity index (χ0n) is 23.7. The Hall–Kier alpha value is -2.54. The number of amidine groups is 2. The summed E-state index contributed by atoms with van der Waals surface area (Å²) in [7, 11) is -6.50. The second-order valence-corrected chi connectivity index (χ2v) is 13.2. The average molecular weight is 636 g/mol. The molecular weight excluding hydrogens is 595 g/mol. The molecule has 0 aromatic heterocycles. The molecule has 0 aliphatic carbocycles. The van der Waals surface area contributed by atoms with Crippen LogP contribution in [-0.4, -0.2) is 67.2 Å². The molecule has 0 bridgehead atoms. The summed E-state index contributed by atoms with van der Waals surface area (Å²) in [5, 5.41) is 6.48. The molecule has 14 heteroatoms. The Morgan fingerprint density at radius 1 is 0.675 bits per heavy atom. The van der Waals surface area contributed by atoms with Crippen molar-refractivity contribution in [3.05, 3.63) is 57.6 Å². The summed E-state index contributed by atoms with van der Waals surface area (Å²) in [6, 6.07) is 7.48. The zero-order valence-corrected chi connectivity index (χ0v) is 27.0. The molecule has 4 N–H and O–H groups in total. The van der Waals surface area contributed by atoms with Crippen LogP contribution < -0.4 is 20.1 Å². The van der Waals surface area contributed by atoms with Crippen LogP contribution in [-0.2, 0) is 32.9 Å². The first-order chi connectivity index (χ1) is 17.7. The predicted octanol–water partition coefficient (Wildman–Crippen LogP) is 3.28. The van der Waals surface area contributed by atoms with Gasteiger partial charge in [0.25, 0.3) is 0 Å². The molecule has 2 aromatic carbocycles. The van der Waals surface area contributed by atoms with E-state index in [9.17, 15) is 16.8 Å². The van der Waals surface area contributed by atoms with Crippen molar-refractivity contribution in [2.24, 2.45) is 9.98 Å². The normalized spacial score (nSPS) is 14.2. The molecule has 224 valence electrons. The highest BCUT2D eigenvalue weighted by molar-refractivity contribution is 7.92. The Bertz CT molecular complexity index is 1360. The van der Waals surface area contributed by atoms with Crippen molar-refractivity contribution in [1.82, 2.24) is 10.6 Å². The fourth-order valence-corrected chi connectivity index (χ4v) is 5.66. The van der Waals surface area contributed by atoms with Gasteiger partial charge in [0.2, 0.25) is 20.0 Å². The summed E-state index contributed by atoms with van der Waals surface area (Å²) in [5.74, 6) is 1.95. The minimum atomic E-state index is -3.25. The molecule has 40 heavy (non-hydrogen) atoms. The number of sulfonamides is 2. The molecule has 2 heterocycles. The highest BCUT2D eigenvalue weighted by atomic mass is 35.5. The standard InChI is InChI=1S/2C13H19N3O2S.2ClH/c2*1-9-4-5-12(16-19(3,17)18)10(2)11(9)8-13-14-6-7-15-13;;/h2*4-5,16H,6-8H2,1-3H3,(H,14,15);2*1H. The Kier molecular flexibility index (Phi) is 13.2. The van der Waals surface area contributed by atoms with Crippen molar-refractivity contribution < 1.29 is 16.8 Å². The smallest absolute Gasteiger partial charge is 0.229 e. The van der Waals surface area contributed by atoms with Gasteiger partial charge in [-0.3, -0.25) is 19.4 Å². The highest BCUT2D eigenvalue weighted by Crippen LogP contribution is 2.25. The van der Waals surface area contributed by atoms with E-state index in [2.05, 4.69) is 30.1 Å². The van der Waals surface area contributed by atoms with Crippen molar-refractivity contribution >= 4 is 67.9 Å². The van der Waals surface area contributed by atoms with E-state index in [4.69, 9.17) is 0 Å². The van der Waals surface area contributed by atoms with Gasteiger partial charge in [-0.2, -0.15) is 0 Å². The zero-order chi connectivity index (χ0) is 28.1. The molecule has 0 radical (unpaired) electrons. The maximum Gasteiger partial charge on any atom is 0.229 e. The van der Waals surface area contributed by atoms with Crippen LogP contribution in [0.5, 0.6) is 0 Å². The van der Waals surface area contributed by atoms with Crippen LogP contribution >= 0.6 is 24.8 Å². The van der Waals surface area contributed by atoms with Crippen LogP contribution in [0.1, 0.15) is 33.4 Å². The van der Waals surface area contributed by atoms with Crippen LogP contribution in [0, 0.1) is 27.7 Å². The lowest BCUT2D eigenvalue weighted by Gasteiger charge is -2.15. The Balaban J connectivity index is 0.000000381. The second-order valence-electron chi connectivity index (χ2n) is 9.68. The van der Waals surface area contributed by atoms with Crippen LogP contribution in [0.15, 0.2) is 34.3 Å². The van der Waals surface area contributed by atoms with E-state index in [1.807, 2.05) is 39.8 Å². The lowest BCUT2D eigenvalue weighted by Crippen LogP contribution is -2.21. The maximum atomic E-state index is 11.3. The quantitative estimate of drug-likeness (QED) is 0.351. The lowest BCUT2D eigenvalue weighted by atomic mass is 9.98. The number of nitrogens with one attached hydrogen (secondary N) is 4. The molecule has 0 unspecified atom stereocenters. The Labute approximate surface area is 250 Å². The molecule has 0 amide bonds. The maximum absolute atomic E-state index is 11.3. The van der Waals surface area contributed by atoms with E-state index in [-0.39, 0.29) is 24.8 Å². The number of nitrogens with zero attached hydrogens (tertiary/aromatic N) is 2. The molecule has 2 aromatic rings. The summed E-state index contributed by atoms with van der Waals surface area (Å²) in [6.07, 6.45) is 3.76. The number of rotatable bonds is 8. The van der Waals surface area contributed by atoms with E-state index in [0.717, 1.165) is 96.6 Å². The number of benzene rings is 2. The number of aliphatic imine (C=N–C) groups is 2. The van der Waals surface area contributed by atoms with Gasteiger partial charge in [0, 0.05) is 25.9 Å². The fourth-order valence-electron chi connectivity index (χ4n) is 4.41. The average Bonchev–Trinajstić information content (AvgIpc) is 3.51. The van der Waals surface area contributed by atoms with Crippen molar-refractivity contribution in [3.8, 4) is 0 Å². The first kappa shape index (κ1) is 35.5. The molecule has 4 rings (SSSR count). The third-order valence-electron chi connectivity index (χ3n) is 6.43. The van der Waals surface area contributed by atoms with E-state index in [0.29, 0.717) is 11.4 Å². The van der Waals surface area contributed by atoms with Gasteiger partial charge in [0.1, 0.15) is 11.7 Å². The Morgan fingerprint density at radius 3 is 1.30 bits per heavy atom. The molecule has 0 spiro atoms. The van der Waals surface area contributed by atoms with E-state index in [1.165, 1.54) is 0 Å². The number of hydrogen-bond acceptors (Lipinski definition) is 8. The third kappa shape index (κ3) is 10.5. The van der Waals surface area contributed by atoms with Crippen LogP contribution in [0.25, 0.3) is 0 Å². The predicted molar refractivity (Wildman–Crippen MR) is 171 cm³/mol. The van der Waals surface area contributed by atoms with Crippen molar-refractivity contribution in [1.29, 1.82) is 0 Å². The van der Waals surface area contributed by atoms with Gasteiger partial charge in [-0.1, -0.05) is 12.1 Å². The minimum Gasteiger partial charge on any atom is -0.372 e. The topological polar surface area (TPSA) is 141 Å². The van der Waals surface area contributed by atoms with E-state index < -0.39 is 20.0 Å². The van der Waals surface area contributed by atoms with Gasteiger partial charge in [-0.25, -0.2) is 16.8 Å². The van der Waals surface area contributed by atoms with E-state index in [1.54, 1.807) is 12.1 Å². The van der Waals surface area contributed by atoms with Crippen molar-refractivity contribution in [2.75, 3.05) is 48.1 Å². The van der Waals surface area contributed by atoms with Crippen molar-refractivity contribution in [3.63, 3.8) is 0 Å². The van der Waals surface area contributed by atoms with Crippen LogP contribution in [0.2, 0.25) is 0 Å². The highest BCUT2D eigenvalue weighted by Gasteiger charge is 2.15. The van der Waals surface area contributed by atoms with Crippen molar-refractivity contribution in [2.45, 2.75) is 40.5 Å². The summed E-state index contributed by atoms with van der Waals surface area (Å²) in [6.45, 7) is 11.3. The fraction of sp³-hybridized carbons (Fsp3) is 0.462. The first-order valence-corrected chi connectivity index (χ1v) is 16.2. The molecule has 10 nitrogen and oxygen atoms in total. The molecule has 0 saturated carbocycles. The van der Waals surface area contributed by atoms with Gasteiger partial charge >= 0.3 is 0 Å². The SMILES string of the molecule is Cc1ccc(NS(C)(=O)=O)c(C)c1CC1=NCCN1.Cc1ccc(NS(C)(=O)=O)c(C)c1CC1=NCCN1.Cl.Cl.